The Balaban J connectivity index is 1.96. The van der Waals surface area contributed by atoms with E-state index in [0.717, 1.165) is 5.56 Å². The van der Waals surface area contributed by atoms with Crippen molar-refractivity contribution in [2.75, 3.05) is 0 Å². The van der Waals surface area contributed by atoms with Gasteiger partial charge in [0, 0.05) is 30.1 Å². The summed E-state index contributed by atoms with van der Waals surface area (Å²) in [6, 6.07) is 9.31. The second-order valence-electron chi connectivity index (χ2n) is 4.61. The quantitative estimate of drug-likeness (QED) is 0.521. The van der Waals surface area contributed by atoms with Crippen LogP contribution in [0.5, 0.6) is 0 Å². The number of carbonyl (C=O) groups excluding carboxylic acids is 1. The first-order valence-corrected chi connectivity index (χ1v) is 6.73. The van der Waals surface area contributed by atoms with E-state index in [1.54, 1.807) is 43.3 Å². The number of hydrogen-bond acceptors (Lipinski definition) is 5. The molecule has 0 radical (unpaired) electrons. The van der Waals surface area contributed by atoms with E-state index in [4.69, 9.17) is 0 Å². The minimum absolute atomic E-state index is 0.0390. The van der Waals surface area contributed by atoms with Crippen LogP contribution in [0.4, 0.5) is 5.69 Å². The molecule has 2 rings (SSSR count). The summed E-state index contributed by atoms with van der Waals surface area (Å²) in [5.74, 6) is -0.324. The maximum Gasteiger partial charge on any atom is 0.271 e. The maximum absolute atomic E-state index is 11.8. The molecule has 0 aliphatic heterocycles. The van der Waals surface area contributed by atoms with Gasteiger partial charge in [0.15, 0.2) is 0 Å². The monoisotopic (exact) mass is 310 g/mol. The average Bonchev–Trinajstić information content (AvgIpc) is 2.59. The van der Waals surface area contributed by atoms with Gasteiger partial charge in [0.1, 0.15) is 0 Å². The van der Waals surface area contributed by atoms with Crippen molar-refractivity contribution in [1.82, 2.24) is 10.4 Å². The number of nitro groups is 1. The molecule has 0 saturated heterocycles. The minimum atomic E-state index is -0.450. The summed E-state index contributed by atoms with van der Waals surface area (Å²) in [5.41, 5.74) is 4.33. The van der Waals surface area contributed by atoms with E-state index < -0.39 is 4.92 Å². The maximum atomic E-state index is 11.8. The number of hydrogen-bond donors (Lipinski definition) is 1. The van der Waals surface area contributed by atoms with Crippen LogP contribution in [0.3, 0.4) is 0 Å². The minimum Gasteiger partial charge on any atom is -0.267 e. The Morgan fingerprint density at radius 3 is 2.48 bits per heavy atom. The Kier molecular flexibility index (Phi) is 5.30. The molecule has 0 saturated carbocycles. The van der Waals surface area contributed by atoms with Gasteiger partial charge in [-0.1, -0.05) is 6.08 Å². The van der Waals surface area contributed by atoms with Crippen LogP contribution < -0.4 is 5.43 Å². The van der Waals surface area contributed by atoms with Crippen LogP contribution in [0.15, 0.2) is 60.0 Å². The summed E-state index contributed by atoms with van der Waals surface area (Å²) in [6.07, 6.45) is 6.51. The summed E-state index contributed by atoms with van der Waals surface area (Å²) in [4.78, 5) is 25.7. The van der Waals surface area contributed by atoms with Gasteiger partial charge in [0.05, 0.1) is 10.6 Å². The highest BCUT2D eigenvalue weighted by atomic mass is 16.6. The van der Waals surface area contributed by atoms with Gasteiger partial charge in [-0.25, -0.2) is 5.43 Å². The van der Waals surface area contributed by atoms with Crippen LogP contribution in [-0.2, 0) is 0 Å². The number of aromatic nitrogens is 1. The van der Waals surface area contributed by atoms with Gasteiger partial charge >= 0.3 is 0 Å². The third-order valence-electron chi connectivity index (χ3n) is 2.90. The smallest absolute Gasteiger partial charge is 0.267 e. The van der Waals surface area contributed by atoms with Crippen LogP contribution in [0.2, 0.25) is 0 Å². The molecule has 116 valence electrons. The lowest BCUT2D eigenvalue weighted by molar-refractivity contribution is -0.384. The number of non-ortho nitro benzene ring substituents is 1. The van der Waals surface area contributed by atoms with E-state index in [1.807, 2.05) is 0 Å². The molecule has 0 bridgehead atoms. The predicted molar refractivity (Wildman–Crippen MR) is 86.9 cm³/mol. The van der Waals surface area contributed by atoms with Crippen molar-refractivity contribution in [1.29, 1.82) is 0 Å². The second-order valence-corrected chi connectivity index (χ2v) is 4.61. The number of nitro benzene ring substituents is 1. The average molecular weight is 310 g/mol. The molecule has 0 fully saturated rings. The molecular weight excluding hydrogens is 296 g/mol. The molecule has 0 unspecified atom stereocenters. The fourth-order valence-corrected chi connectivity index (χ4v) is 1.67. The number of nitrogens with one attached hydrogen (secondary N) is 1. The number of hydrazone groups is 1. The third kappa shape index (κ3) is 4.85. The Bertz CT molecular complexity index is 753. The molecule has 1 aromatic carbocycles. The van der Waals surface area contributed by atoms with Crippen LogP contribution in [0.1, 0.15) is 22.8 Å². The standard InChI is InChI=1S/C16H14N4O3/c1-12(18-19-16(21)14-8-10-17-11-9-14)2-3-13-4-6-15(7-5-13)20(22)23/h2-11H,1H3,(H,19,21). The zero-order chi connectivity index (χ0) is 16.7. The first-order valence-electron chi connectivity index (χ1n) is 6.73. The number of carbonyl (C=O) groups is 1. The fraction of sp³-hybridized carbons (Fsp3) is 0.0625. The molecule has 2 aromatic rings. The van der Waals surface area contributed by atoms with E-state index in [2.05, 4.69) is 15.5 Å². The van der Waals surface area contributed by atoms with Crippen LogP contribution in [0.25, 0.3) is 6.08 Å². The molecule has 0 spiro atoms. The van der Waals surface area contributed by atoms with Crippen LogP contribution in [-0.4, -0.2) is 21.5 Å². The number of benzene rings is 1. The molecule has 1 heterocycles. The van der Waals surface area contributed by atoms with Crippen molar-refractivity contribution in [2.24, 2.45) is 5.10 Å². The van der Waals surface area contributed by atoms with Crippen molar-refractivity contribution in [3.05, 3.63) is 76.1 Å². The number of nitrogens with zero attached hydrogens (tertiary/aromatic N) is 3. The Morgan fingerprint density at radius 1 is 1.22 bits per heavy atom. The van der Waals surface area contributed by atoms with E-state index in [1.165, 1.54) is 24.5 Å². The summed E-state index contributed by atoms with van der Waals surface area (Å²) >= 11 is 0. The van der Waals surface area contributed by atoms with Gasteiger partial charge in [0.25, 0.3) is 11.6 Å². The van der Waals surface area contributed by atoms with Gasteiger partial charge < -0.3 is 0 Å². The Morgan fingerprint density at radius 2 is 1.87 bits per heavy atom. The lowest BCUT2D eigenvalue weighted by atomic mass is 10.2. The molecule has 1 aromatic heterocycles. The van der Waals surface area contributed by atoms with Gasteiger partial charge in [-0.3, -0.25) is 19.9 Å². The summed E-state index contributed by atoms with van der Waals surface area (Å²) in [6.45, 7) is 1.73. The highest BCUT2D eigenvalue weighted by Crippen LogP contribution is 2.12. The number of pyridine rings is 1. The molecule has 7 nitrogen and oxygen atoms in total. The Labute approximate surface area is 132 Å². The van der Waals surface area contributed by atoms with Gasteiger partial charge in [-0.05, 0) is 42.8 Å². The molecule has 0 aliphatic rings. The largest absolute Gasteiger partial charge is 0.271 e. The molecule has 1 N–H and O–H groups in total. The topological polar surface area (TPSA) is 97.5 Å². The SMILES string of the molecule is CC(C=Cc1ccc([N+](=O)[O-])cc1)=NNC(=O)c1ccncc1. The molecule has 0 atom stereocenters. The number of allylic oxidation sites excluding steroid dienone is 1. The van der Waals surface area contributed by atoms with E-state index in [-0.39, 0.29) is 11.6 Å². The van der Waals surface area contributed by atoms with Gasteiger partial charge in [-0.15, -0.1) is 0 Å². The van der Waals surface area contributed by atoms with E-state index in [9.17, 15) is 14.9 Å². The first kappa shape index (κ1) is 16.0. The van der Waals surface area contributed by atoms with Crippen molar-refractivity contribution < 1.29 is 9.72 Å². The van der Waals surface area contributed by atoms with E-state index >= 15 is 0 Å². The highest BCUT2D eigenvalue weighted by Gasteiger charge is 2.03. The molecule has 7 heteroatoms. The number of amides is 1. The third-order valence-corrected chi connectivity index (χ3v) is 2.90. The lowest BCUT2D eigenvalue weighted by Gasteiger charge is -1.99. The van der Waals surface area contributed by atoms with Crippen LogP contribution >= 0.6 is 0 Å². The molecule has 1 amide bonds. The molecule has 0 aliphatic carbocycles. The van der Waals surface area contributed by atoms with E-state index in [0.29, 0.717) is 11.3 Å². The zero-order valence-corrected chi connectivity index (χ0v) is 12.3. The summed E-state index contributed by atoms with van der Waals surface area (Å²) < 4.78 is 0. The van der Waals surface area contributed by atoms with Crippen molar-refractivity contribution in [3.63, 3.8) is 0 Å². The fourth-order valence-electron chi connectivity index (χ4n) is 1.67. The van der Waals surface area contributed by atoms with Crippen molar-refractivity contribution in [2.45, 2.75) is 6.92 Å². The zero-order valence-electron chi connectivity index (χ0n) is 12.3. The molecule has 23 heavy (non-hydrogen) atoms. The second kappa shape index (κ2) is 7.60. The molecular formula is C16H14N4O3. The van der Waals surface area contributed by atoms with Gasteiger partial charge in [0.2, 0.25) is 0 Å². The normalized spacial score (nSPS) is 11.4. The summed E-state index contributed by atoms with van der Waals surface area (Å²) in [7, 11) is 0. The Hall–Kier alpha value is -3.35. The predicted octanol–water partition coefficient (Wildman–Crippen LogP) is 2.81. The lowest BCUT2D eigenvalue weighted by Crippen LogP contribution is -2.18. The summed E-state index contributed by atoms with van der Waals surface area (Å²) in [5, 5.41) is 14.5. The first-order chi connectivity index (χ1) is 11.1. The van der Waals surface area contributed by atoms with Gasteiger partial charge in [-0.2, -0.15) is 5.10 Å². The number of rotatable bonds is 5. The highest BCUT2D eigenvalue weighted by molar-refractivity contribution is 5.99. The van der Waals surface area contributed by atoms with Crippen LogP contribution in [0, 0.1) is 10.1 Å². The van der Waals surface area contributed by atoms with Crippen molar-refractivity contribution >= 4 is 23.4 Å². The van der Waals surface area contributed by atoms with Crippen molar-refractivity contribution in [3.8, 4) is 0 Å².